The van der Waals surface area contributed by atoms with Crippen LogP contribution in [0, 0.1) is 18.2 Å². The van der Waals surface area contributed by atoms with Crippen LogP contribution >= 0.6 is 0 Å². The molecule has 0 saturated carbocycles. The molecule has 0 atom stereocenters. The maximum absolute atomic E-state index is 12.6. The number of rotatable bonds is 13. The minimum Gasteiger partial charge on any atom is -0.455 e. The summed E-state index contributed by atoms with van der Waals surface area (Å²) < 4.78 is 22.6. The lowest BCUT2D eigenvalue weighted by molar-refractivity contribution is -0.138. The van der Waals surface area contributed by atoms with Crippen molar-refractivity contribution in [3.63, 3.8) is 0 Å². The summed E-state index contributed by atoms with van der Waals surface area (Å²) in [5.74, 6) is -2.10. The number of ether oxygens (including phenoxy) is 3. The van der Waals surface area contributed by atoms with Gasteiger partial charge in [-0.25, -0.2) is 0 Å². The van der Waals surface area contributed by atoms with E-state index < -0.39 is 23.3 Å². The smallest absolute Gasteiger partial charge is 0.311 e. The molecule has 0 aliphatic rings. The number of hydrogen-bond acceptors (Lipinski definition) is 8. The lowest BCUT2D eigenvalue weighted by atomic mass is 10.1. The fraction of sp³-hybridized carbons (Fsp3) is 0.400. The van der Waals surface area contributed by atoms with Gasteiger partial charge in [0, 0.05) is 24.8 Å². The van der Waals surface area contributed by atoms with Gasteiger partial charge < -0.3 is 18.6 Å². The van der Waals surface area contributed by atoms with Gasteiger partial charge in [-0.2, -0.15) is 0 Å². The number of fused-ring (bicyclic) bond motifs is 1. The minimum atomic E-state index is -0.564. The van der Waals surface area contributed by atoms with Crippen LogP contribution in [0.15, 0.2) is 33.5 Å². The predicted octanol–water partition coefficient (Wildman–Crippen LogP) is 6.15. The molecule has 0 aliphatic carbocycles. The Bertz CT molecular complexity index is 1290. The zero-order valence-corrected chi connectivity index (χ0v) is 21.9. The van der Waals surface area contributed by atoms with Crippen LogP contribution in [-0.2, 0) is 14.4 Å². The van der Waals surface area contributed by atoms with Gasteiger partial charge in [-0.3, -0.25) is 19.2 Å². The van der Waals surface area contributed by atoms with Gasteiger partial charge >= 0.3 is 17.9 Å². The lowest BCUT2D eigenvalue weighted by Crippen LogP contribution is -2.15. The molecule has 199 valence electrons. The highest BCUT2D eigenvalue weighted by Crippen LogP contribution is 2.43. The van der Waals surface area contributed by atoms with Crippen molar-refractivity contribution in [2.45, 2.75) is 78.6 Å². The second-order valence-corrected chi connectivity index (χ2v) is 8.76. The topological polar surface area (TPSA) is 109 Å². The van der Waals surface area contributed by atoms with Crippen LogP contribution in [0.3, 0.4) is 0 Å². The molecule has 0 N–H and O–H groups in total. The van der Waals surface area contributed by atoms with Crippen LogP contribution in [0.2, 0.25) is 0 Å². The number of hydrogen-bond donors (Lipinski definition) is 0. The number of carbonyl (C=O) groups is 3. The first-order valence-corrected chi connectivity index (χ1v) is 12.9. The highest BCUT2D eigenvalue weighted by atomic mass is 16.6. The summed E-state index contributed by atoms with van der Waals surface area (Å²) in [6.07, 6.45) is 4.53. The Labute approximate surface area is 221 Å². The summed E-state index contributed by atoms with van der Waals surface area (Å²) in [5, 5.41) is 0.200. The second kappa shape index (κ2) is 14.1. The molecule has 2 aromatic carbocycles. The van der Waals surface area contributed by atoms with Gasteiger partial charge in [-0.05, 0) is 55.7 Å². The predicted molar refractivity (Wildman–Crippen MR) is 140 cm³/mol. The zero-order valence-electron chi connectivity index (χ0n) is 21.9. The molecule has 3 aromatic rings. The first-order chi connectivity index (χ1) is 18.4. The third-order valence-electron chi connectivity index (χ3n) is 5.58. The van der Waals surface area contributed by atoms with Crippen molar-refractivity contribution in [2.75, 3.05) is 0 Å². The Hall–Kier alpha value is -3.94. The van der Waals surface area contributed by atoms with Crippen molar-refractivity contribution in [2.24, 2.45) is 0 Å². The van der Waals surface area contributed by atoms with Crippen molar-refractivity contribution in [1.29, 1.82) is 0 Å². The van der Waals surface area contributed by atoms with Crippen molar-refractivity contribution >= 4 is 28.9 Å². The average molecular weight is 520 g/mol. The first kappa shape index (κ1) is 28.6. The summed E-state index contributed by atoms with van der Waals surface area (Å²) in [5.41, 5.74) is -0.00426. The van der Waals surface area contributed by atoms with Crippen molar-refractivity contribution < 1.29 is 33.0 Å². The van der Waals surface area contributed by atoms with Gasteiger partial charge in [-0.1, -0.05) is 40.0 Å². The molecule has 8 nitrogen and oxygen atoms in total. The van der Waals surface area contributed by atoms with E-state index in [1.54, 1.807) is 0 Å². The molecule has 3 rings (SSSR count). The van der Waals surface area contributed by atoms with Crippen LogP contribution in [0.1, 0.15) is 78.6 Å². The fourth-order valence-electron chi connectivity index (χ4n) is 3.50. The normalized spacial score (nSPS) is 10.8. The Balaban J connectivity index is 2.15. The fourth-order valence-corrected chi connectivity index (χ4v) is 3.50. The van der Waals surface area contributed by atoms with Crippen molar-refractivity contribution in [3.8, 4) is 28.6 Å². The molecule has 0 fully saturated rings. The molecular weight excluding hydrogens is 488 g/mol. The molecule has 1 aromatic heterocycles. The van der Waals surface area contributed by atoms with E-state index in [1.165, 1.54) is 24.3 Å². The van der Waals surface area contributed by atoms with Crippen LogP contribution in [-0.4, -0.2) is 17.9 Å². The third kappa shape index (κ3) is 7.78. The third-order valence-corrected chi connectivity index (χ3v) is 5.58. The first-order valence-electron chi connectivity index (χ1n) is 12.9. The summed E-state index contributed by atoms with van der Waals surface area (Å²) >= 11 is 0. The van der Waals surface area contributed by atoms with Gasteiger partial charge in [0.05, 0.1) is 11.5 Å². The van der Waals surface area contributed by atoms with E-state index in [1.807, 2.05) is 20.8 Å². The quantitative estimate of drug-likeness (QED) is 0.195. The van der Waals surface area contributed by atoms with Gasteiger partial charge in [0.1, 0.15) is 11.3 Å². The van der Waals surface area contributed by atoms with Crippen LogP contribution in [0.5, 0.6) is 17.2 Å². The molecule has 0 aliphatic heterocycles. The van der Waals surface area contributed by atoms with E-state index in [0.717, 1.165) is 19.3 Å². The molecule has 0 bridgehead atoms. The van der Waals surface area contributed by atoms with Gasteiger partial charge in [0.2, 0.25) is 11.2 Å². The molecule has 1 heterocycles. The summed E-state index contributed by atoms with van der Waals surface area (Å²) in [6.45, 7) is 5.82. The Morgan fingerprint density at radius 3 is 1.87 bits per heavy atom. The maximum atomic E-state index is 12.6. The highest BCUT2D eigenvalue weighted by Gasteiger charge is 2.24. The van der Waals surface area contributed by atoms with Crippen LogP contribution in [0.4, 0.5) is 0 Å². The van der Waals surface area contributed by atoms with Gasteiger partial charge in [0.15, 0.2) is 11.5 Å². The van der Waals surface area contributed by atoms with Crippen LogP contribution in [0.25, 0.3) is 22.3 Å². The minimum absolute atomic E-state index is 0.0103. The Morgan fingerprint density at radius 2 is 1.34 bits per heavy atom. The lowest BCUT2D eigenvalue weighted by Gasteiger charge is -2.16. The zero-order chi connectivity index (χ0) is 27.5. The Morgan fingerprint density at radius 1 is 0.816 bits per heavy atom. The molecule has 0 saturated heterocycles. The molecule has 8 heteroatoms. The largest absolute Gasteiger partial charge is 0.455 e. The maximum Gasteiger partial charge on any atom is 0.311 e. The highest BCUT2D eigenvalue weighted by molar-refractivity contribution is 5.83. The van der Waals surface area contributed by atoms with E-state index >= 15 is 0 Å². The average Bonchev–Trinajstić information content (AvgIpc) is 2.91. The molecule has 0 spiro atoms. The van der Waals surface area contributed by atoms with Crippen molar-refractivity contribution in [3.05, 3.63) is 52.7 Å². The van der Waals surface area contributed by atoms with E-state index in [0.29, 0.717) is 19.3 Å². The number of benzene rings is 2. The number of unbranched alkanes of at least 4 members (excludes halogenated alkanes) is 3. The van der Waals surface area contributed by atoms with Gasteiger partial charge in [-0.15, -0.1) is 0 Å². The van der Waals surface area contributed by atoms with Crippen LogP contribution < -0.4 is 19.6 Å². The molecule has 0 amide bonds. The standard InChI is InChI=1S/C30H31O8/c1-4-7-14-27(32)36-25-17-20(24-19-22(31)21-12-10-11-13-23(21)35-24)18-26(37-28(33)15-8-5-2)30(25)38-29(34)16-9-6-3/h10,13,17-18H,4-9,14-16H2,1-3H3. The number of carbonyl (C=O) groups excluding carboxylic acids is 3. The summed E-state index contributed by atoms with van der Waals surface area (Å²) in [6, 6.07) is 14.0. The monoisotopic (exact) mass is 519 g/mol. The molecular formula is C30H31O8. The van der Waals surface area contributed by atoms with Crippen molar-refractivity contribution in [1.82, 2.24) is 0 Å². The molecule has 0 unspecified atom stereocenters. The SMILES string of the molecule is CCCCC(=O)Oc1cc(-c2[c]c(=O)c3[c]c[c]cc3o2)cc(OC(=O)CCCC)c1OC(=O)CCCC. The summed E-state index contributed by atoms with van der Waals surface area (Å²) in [7, 11) is 0. The van der Waals surface area contributed by atoms with E-state index in [-0.39, 0.29) is 58.8 Å². The van der Waals surface area contributed by atoms with E-state index in [4.69, 9.17) is 18.6 Å². The van der Waals surface area contributed by atoms with Gasteiger partial charge in [0.25, 0.3) is 0 Å². The van der Waals surface area contributed by atoms with E-state index in [2.05, 4.69) is 18.2 Å². The molecule has 3 radical (unpaired) electrons. The summed E-state index contributed by atoms with van der Waals surface area (Å²) in [4.78, 5) is 50.4. The molecule has 38 heavy (non-hydrogen) atoms. The second-order valence-electron chi connectivity index (χ2n) is 8.76. The number of esters is 3. The Kier molecular flexibility index (Phi) is 10.6. The van der Waals surface area contributed by atoms with E-state index in [9.17, 15) is 19.2 Å².